The first-order valence-electron chi connectivity index (χ1n) is 12.6. The smallest absolute Gasteiger partial charge is 0.230 e. The Morgan fingerprint density at radius 1 is 0.878 bits per heavy atom. The molecule has 6 aromatic rings. The molecule has 0 aliphatic rings. The molecule has 10 heteroatoms. The number of aromatic nitrogens is 4. The van der Waals surface area contributed by atoms with Crippen LogP contribution in [0, 0.1) is 12.7 Å². The van der Waals surface area contributed by atoms with Gasteiger partial charge in [-0.25, -0.2) is 19.3 Å². The summed E-state index contributed by atoms with van der Waals surface area (Å²) in [5.74, 6) is 1.90. The van der Waals surface area contributed by atoms with E-state index in [1.54, 1.807) is 62.9 Å². The van der Waals surface area contributed by atoms with Crippen LogP contribution in [0.5, 0.6) is 23.1 Å². The standard InChI is InChI=1S/C31H24FN5O4/c1-17-12-18(8-9-25(17)41-31-20-13-26(39-2)27(40-3)14-24(20)35-16-36-31)37-30-28-23(10-11-33-30)34-15-21(29(28)38)19-6-4-5-7-22(19)32/h4-16H,1-3H3,(H,33,37)(H,34,38). The lowest BCUT2D eigenvalue weighted by Gasteiger charge is -2.14. The number of anilines is 2. The molecule has 0 atom stereocenters. The molecular formula is C31H24FN5O4. The molecule has 0 spiro atoms. The normalized spacial score (nSPS) is 11.0. The van der Waals surface area contributed by atoms with Gasteiger partial charge < -0.3 is 24.5 Å². The van der Waals surface area contributed by atoms with E-state index in [1.807, 2.05) is 19.1 Å². The number of aromatic amines is 1. The number of pyridine rings is 2. The molecule has 41 heavy (non-hydrogen) atoms. The second-order valence-electron chi connectivity index (χ2n) is 9.20. The van der Waals surface area contributed by atoms with E-state index in [-0.39, 0.29) is 16.6 Å². The van der Waals surface area contributed by atoms with Gasteiger partial charge in [0.05, 0.1) is 36.0 Å². The summed E-state index contributed by atoms with van der Waals surface area (Å²) in [5.41, 5.74) is 2.82. The van der Waals surface area contributed by atoms with Gasteiger partial charge in [-0.15, -0.1) is 0 Å². The molecule has 6 rings (SSSR count). The summed E-state index contributed by atoms with van der Waals surface area (Å²) in [6.07, 6.45) is 4.54. The monoisotopic (exact) mass is 549 g/mol. The molecule has 3 aromatic carbocycles. The maximum Gasteiger partial charge on any atom is 0.230 e. The lowest BCUT2D eigenvalue weighted by molar-refractivity contribution is 0.355. The lowest BCUT2D eigenvalue weighted by atomic mass is 10.0. The Labute approximate surface area is 233 Å². The Balaban J connectivity index is 1.33. The van der Waals surface area contributed by atoms with Gasteiger partial charge in [-0.05, 0) is 48.9 Å². The fourth-order valence-electron chi connectivity index (χ4n) is 4.66. The highest BCUT2D eigenvalue weighted by Gasteiger charge is 2.16. The quantitative estimate of drug-likeness (QED) is 0.231. The molecule has 0 saturated carbocycles. The number of fused-ring (bicyclic) bond motifs is 2. The van der Waals surface area contributed by atoms with Gasteiger partial charge in [0, 0.05) is 35.3 Å². The van der Waals surface area contributed by atoms with Crippen molar-refractivity contribution >= 4 is 33.3 Å². The predicted octanol–water partition coefficient (Wildman–Crippen LogP) is 6.53. The third-order valence-electron chi connectivity index (χ3n) is 6.71. The molecule has 3 heterocycles. The van der Waals surface area contributed by atoms with Crippen molar-refractivity contribution in [1.82, 2.24) is 19.9 Å². The van der Waals surface area contributed by atoms with Crippen LogP contribution in [-0.2, 0) is 0 Å². The highest BCUT2D eigenvalue weighted by Crippen LogP contribution is 2.37. The fourth-order valence-corrected chi connectivity index (χ4v) is 4.66. The molecule has 0 amide bonds. The molecular weight excluding hydrogens is 525 g/mol. The summed E-state index contributed by atoms with van der Waals surface area (Å²) in [7, 11) is 3.12. The van der Waals surface area contributed by atoms with Crippen LogP contribution in [0.25, 0.3) is 32.9 Å². The van der Waals surface area contributed by atoms with Gasteiger partial charge >= 0.3 is 0 Å². The summed E-state index contributed by atoms with van der Waals surface area (Å²) in [5, 5.41) is 4.22. The van der Waals surface area contributed by atoms with Crippen LogP contribution in [-0.4, -0.2) is 34.2 Å². The van der Waals surface area contributed by atoms with Gasteiger partial charge in [0.15, 0.2) is 11.5 Å². The topological polar surface area (TPSA) is 111 Å². The second-order valence-corrected chi connectivity index (χ2v) is 9.20. The van der Waals surface area contributed by atoms with E-state index >= 15 is 0 Å². The Kier molecular flexibility index (Phi) is 6.64. The van der Waals surface area contributed by atoms with Gasteiger partial charge in [-0.1, -0.05) is 18.2 Å². The Morgan fingerprint density at radius 3 is 2.46 bits per heavy atom. The Bertz CT molecular complexity index is 1990. The fraction of sp³-hybridized carbons (Fsp3) is 0.0968. The van der Waals surface area contributed by atoms with Crippen LogP contribution >= 0.6 is 0 Å². The van der Waals surface area contributed by atoms with E-state index < -0.39 is 5.82 Å². The van der Waals surface area contributed by atoms with E-state index in [2.05, 4.69) is 25.3 Å². The van der Waals surface area contributed by atoms with Crippen molar-refractivity contribution in [2.45, 2.75) is 6.92 Å². The van der Waals surface area contributed by atoms with Crippen molar-refractivity contribution in [2.75, 3.05) is 19.5 Å². The molecule has 0 unspecified atom stereocenters. The van der Waals surface area contributed by atoms with Crippen LogP contribution in [0.2, 0.25) is 0 Å². The molecule has 0 aliphatic carbocycles. The van der Waals surface area contributed by atoms with Gasteiger partial charge in [-0.3, -0.25) is 4.79 Å². The highest BCUT2D eigenvalue weighted by molar-refractivity contribution is 5.93. The van der Waals surface area contributed by atoms with E-state index in [0.717, 1.165) is 5.56 Å². The minimum absolute atomic E-state index is 0.219. The summed E-state index contributed by atoms with van der Waals surface area (Å²) >= 11 is 0. The van der Waals surface area contributed by atoms with Gasteiger partial charge in [-0.2, -0.15) is 0 Å². The van der Waals surface area contributed by atoms with Gasteiger partial charge in [0.1, 0.15) is 23.7 Å². The van der Waals surface area contributed by atoms with Crippen molar-refractivity contribution in [3.05, 3.63) is 101 Å². The maximum absolute atomic E-state index is 14.5. The first-order valence-corrected chi connectivity index (χ1v) is 12.6. The zero-order valence-corrected chi connectivity index (χ0v) is 22.4. The van der Waals surface area contributed by atoms with Crippen LogP contribution in [0.4, 0.5) is 15.9 Å². The second kappa shape index (κ2) is 10.6. The Hall–Kier alpha value is -5.51. The number of methoxy groups -OCH3 is 2. The van der Waals surface area contributed by atoms with E-state index in [9.17, 15) is 9.18 Å². The van der Waals surface area contributed by atoms with Gasteiger partial charge in [0.2, 0.25) is 11.3 Å². The molecule has 0 aliphatic heterocycles. The number of H-pyrrole nitrogens is 1. The van der Waals surface area contributed by atoms with Crippen molar-refractivity contribution in [1.29, 1.82) is 0 Å². The number of nitrogens with zero attached hydrogens (tertiary/aromatic N) is 3. The van der Waals surface area contributed by atoms with Crippen molar-refractivity contribution < 1.29 is 18.6 Å². The van der Waals surface area contributed by atoms with Crippen molar-refractivity contribution in [3.63, 3.8) is 0 Å². The number of hydrogen-bond donors (Lipinski definition) is 2. The van der Waals surface area contributed by atoms with Crippen molar-refractivity contribution in [3.8, 4) is 34.3 Å². The molecule has 9 nitrogen and oxygen atoms in total. The number of hydrogen-bond acceptors (Lipinski definition) is 8. The summed E-state index contributed by atoms with van der Waals surface area (Å²) < 4.78 is 31.5. The number of benzene rings is 3. The zero-order valence-electron chi connectivity index (χ0n) is 22.4. The number of rotatable bonds is 7. The number of nitrogens with one attached hydrogen (secondary N) is 2. The third-order valence-corrected chi connectivity index (χ3v) is 6.71. The average molecular weight is 550 g/mol. The average Bonchev–Trinajstić information content (AvgIpc) is 2.98. The third kappa shape index (κ3) is 4.76. The first kappa shape index (κ1) is 25.8. The zero-order chi connectivity index (χ0) is 28.5. The summed E-state index contributed by atoms with van der Waals surface area (Å²) in [6, 6.07) is 16.9. The SMILES string of the molecule is COc1cc2ncnc(Oc3ccc(Nc4nccc5[nH]cc(-c6ccccc6F)c(=O)c45)cc3C)c2cc1OC. The first-order chi connectivity index (χ1) is 20.0. The van der Waals surface area contributed by atoms with Crippen LogP contribution in [0.1, 0.15) is 5.56 Å². The molecule has 3 aromatic heterocycles. The number of ether oxygens (including phenoxy) is 3. The van der Waals surface area contributed by atoms with Crippen LogP contribution in [0.3, 0.4) is 0 Å². The number of aryl methyl sites for hydroxylation is 1. The maximum atomic E-state index is 14.5. The minimum Gasteiger partial charge on any atom is -0.493 e. The molecule has 204 valence electrons. The Morgan fingerprint density at radius 2 is 1.68 bits per heavy atom. The summed E-state index contributed by atoms with van der Waals surface area (Å²) in [4.78, 5) is 29.6. The summed E-state index contributed by atoms with van der Waals surface area (Å²) in [6.45, 7) is 1.90. The number of halogens is 1. The molecule has 0 saturated heterocycles. The van der Waals surface area contributed by atoms with E-state index in [4.69, 9.17) is 14.2 Å². The van der Waals surface area contributed by atoms with E-state index in [1.165, 1.54) is 18.6 Å². The highest BCUT2D eigenvalue weighted by atomic mass is 19.1. The van der Waals surface area contributed by atoms with E-state index in [0.29, 0.717) is 56.4 Å². The molecule has 0 radical (unpaired) electrons. The minimum atomic E-state index is -0.476. The van der Waals surface area contributed by atoms with Crippen LogP contribution < -0.4 is 25.0 Å². The molecule has 0 fully saturated rings. The predicted molar refractivity (Wildman–Crippen MR) is 155 cm³/mol. The molecule has 0 bridgehead atoms. The van der Waals surface area contributed by atoms with Crippen LogP contribution in [0.15, 0.2) is 84.2 Å². The lowest BCUT2D eigenvalue weighted by Crippen LogP contribution is -2.10. The van der Waals surface area contributed by atoms with Gasteiger partial charge in [0.25, 0.3) is 0 Å². The van der Waals surface area contributed by atoms with Crippen molar-refractivity contribution in [2.24, 2.45) is 0 Å². The molecule has 2 N–H and O–H groups in total. The largest absolute Gasteiger partial charge is 0.493 e.